The lowest BCUT2D eigenvalue weighted by molar-refractivity contribution is -0.151. The number of carbonyl (C=O) groups excluding carboxylic acids is 2. The number of esters is 1. The Kier molecular flexibility index (Phi) is 51.5. The van der Waals surface area contributed by atoms with Crippen molar-refractivity contribution in [1.29, 1.82) is 0 Å². The van der Waals surface area contributed by atoms with Crippen molar-refractivity contribution in [3.8, 4) is 0 Å². The Morgan fingerprint density at radius 2 is 0.831 bits per heavy atom. The van der Waals surface area contributed by atoms with Gasteiger partial charge < -0.3 is 20.3 Å². The third kappa shape index (κ3) is 48.3. The number of carbonyl (C=O) groups is 2. The number of hydrogen-bond donors (Lipinski definition) is 3. The zero-order chi connectivity index (χ0) is 47.4. The van der Waals surface area contributed by atoms with Crippen LogP contribution in [-0.2, 0) is 14.3 Å². The molecular weight excluding hydrogens is 803 g/mol. The maximum atomic E-state index is 13.3. The highest BCUT2D eigenvalue weighted by Gasteiger charge is 2.24. The molecule has 382 valence electrons. The van der Waals surface area contributed by atoms with Crippen molar-refractivity contribution in [2.45, 2.75) is 322 Å². The van der Waals surface area contributed by atoms with E-state index in [2.05, 4.69) is 62.5 Å². The molecule has 3 N–H and O–H groups in total. The fraction of sp³-hybridized carbons (Fsp3) is 0.864. The van der Waals surface area contributed by atoms with Crippen molar-refractivity contribution in [1.82, 2.24) is 5.32 Å². The second-order valence-corrected chi connectivity index (χ2v) is 19.7. The van der Waals surface area contributed by atoms with E-state index in [1.54, 1.807) is 0 Å². The molecule has 0 spiro atoms. The summed E-state index contributed by atoms with van der Waals surface area (Å²) in [7, 11) is 0. The average Bonchev–Trinajstić information content (AvgIpc) is 3.30. The lowest BCUT2D eigenvalue weighted by Gasteiger charge is -2.24. The van der Waals surface area contributed by atoms with Crippen LogP contribution in [-0.4, -0.2) is 46.9 Å². The van der Waals surface area contributed by atoms with Crippen LogP contribution < -0.4 is 5.32 Å². The summed E-state index contributed by atoms with van der Waals surface area (Å²) in [6.07, 6.45) is 63.5. The zero-order valence-corrected chi connectivity index (χ0v) is 43.6. The minimum absolute atomic E-state index is 0.0738. The van der Waals surface area contributed by atoms with E-state index in [1.807, 2.05) is 0 Å². The van der Waals surface area contributed by atoms with E-state index in [1.165, 1.54) is 186 Å². The van der Waals surface area contributed by atoms with Gasteiger partial charge in [0.25, 0.3) is 0 Å². The summed E-state index contributed by atoms with van der Waals surface area (Å²) < 4.78 is 5.95. The SMILES string of the molecule is CC/C=C/C=C/C=C\CCCCCCCC(=O)OC(CCCCCCCCCCCCCCCCCC)CC(=O)NC(CO)C(O)CCCCCCCCCCCCCCCCCCC. The molecule has 6 nitrogen and oxygen atoms in total. The minimum atomic E-state index is -0.789. The van der Waals surface area contributed by atoms with Crippen LogP contribution in [0.15, 0.2) is 36.5 Å². The summed E-state index contributed by atoms with van der Waals surface area (Å²) in [5.41, 5.74) is 0. The van der Waals surface area contributed by atoms with Crippen molar-refractivity contribution in [3.63, 3.8) is 0 Å². The van der Waals surface area contributed by atoms with Crippen molar-refractivity contribution in [3.05, 3.63) is 36.5 Å². The van der Waals surface area contributed by atoms with Gasteiger partial charge in [-0.3, -0.25) is 9.59 Å². The summed E-state index contributed by atoms with van der Waals surface area (Å²) in [6.45, 7) is 6.39. The lowest BCUT2D eigenvalue weighted by atomic mass is 10.0. The Labute approximate surface area is 404 Å². The number of aliphatic hydroxyl groups excluding tert-OH is 2. The highest BCUT2D eigenvalue weighted by molar-refractivity contribution is 5.77. The summed E-state index contributed by atoms with van der Waals surface area (Å²) in [6, 6.07) is -0.703. The van der Waals surface area contributed by atoms with Gasteiger partial charge in [-0.1, -0.05) is 282 Å². The smallest absolute Gasteiger partial charge is 0.306 e. The minimum Gasteiger partial charge on any atom is -0.462 e. The van der Waals surface area contributed by atoms with E-state index in [4.69, 9.17) is 4.74 Å². The molecule has 1 amide bonds. The van der Waals surface area contributed by atoms with E-state index in [0.29, 0.717) is 19.3 Å². The van der Waals surface area contributed by atoms with E-state index < -0.39 is 18.2 Å². The van der Waals surface area contributed by atoms with Gasteiger partial charge in [0.2, 0.25) is 5.91 Å². The van der Waals surface area contributed by atoms with Crippen LogP contribution in [0.1, 0.15) is 303 Å². The molecule has 65 heavy (non-hydrogen) atoms. The lowest BCUT2D eigenvalue weighted by Crippen LogP contribution is -2.46. The molecule has 0 saturated heterocycles. The molecule has 0 aromatic rings. The van der Waals surface area contributed by atoms with Gasteiger partial charge in [-0.05, 0) is 44.9 Å². The monoisotopic (exact) mass is 914 g/mol. The maximum Gasteiger partial charge on any atom is 0.306 e. The Morgan fingerprint density at radius 1 is 0.462 bits per heavy atom. The van der Waals surface area contributed by atoms with Gasteiger partial charge in [0.1, 0.15) is 6.10 Å². The predicted octanol–water partition coefficient (Wildman–Crippen LogP) is 17.6. The quantitative estimate of drug-likeness (QED) is 0.0321. The van der Waals surface area contributed by atoms with Crippen molar-refractivity contribution < 1.29 is 24.5 Å². The first kappa shape index (κ1) is 63.1. The number of amides is 1. The molecule has 0 heterocycles. The van der Waals surface area contributed by atoms with E-state index >= 15 is 0 Å². The summed E-state index contributed by atoms with van der Waals surface area (Å²) in [5, 5.41) is 23.9. The van der Waals surface area contributed by atoms with E-state index in [-0.39, 0.29) is 24.9 Å². The third-order valence-corrected chi connectivity index (χ3v) is 13.3. The fourth-order valence-corrected chi connectivity index (χ4v) is 8.96. The predicted molar refractivity (Wildman–Crippen MR) is 282 cm³/mol. The van der Waals surface area contributed by atoms with Crippen molar-refractivity contribution in [2.24, 2.45) is 0 Å². The van der Waals surface area contributed by atoms with E-state index in [0.717, 1.165) is 70.6 Å². The summed E-state index contributed by atoms with van der Waals surface area (Å²) in [5.74, 6) is -0.481. The van der Waals surface area contributed by atoms with E-state index in [9.17, 15) is 19.8 Å². The molecule has 6 heteroatoms. The molecule has 3 unspecified atom stereocenters. The van der Waals surface area contributed by atoms with Gasteiger partial charge in [-0.2, -0.15) is 0 Å². The van der Waals surface area contributed by atoms with Crippen LogP contribution in [0.3, 0.4) is 0 Å². The van der Waals surface area contributed by atoms with Gasteiger partial charge in [-0.25, -0.2) is 0 Å². The van der Waals surface area contributed by atoms with Crippen LogP contribution >= 0.6 is 0 Å². The highest BCUT2D eigenvalue weighted by Crippen LogP contribution is 2.19. The maximum absolute atomic E-state index is 13.3. The molecule has 0 aliphatic heterocycles. The topological polar surface area (TPSA) is 95.9 Å². The molecule has 0 aromatic heterocycles. The summed E-state index contributed by atoms with van der Waals surface area (Å²) >= 11 is 0. The number of aliphatic hydroxyl groups is 2. The van der Waals surface area contributed by atoms with Crippen molar-refractivity contribution >= 4 is 11.9 Å². The number of ether oxygens (including phenoxy) is 1. The number of hydrogen-bond acceptors (Lipinski definition) is 5. The number of rotatable bonds is 52. The largest absolute Gasteiger partial charge is 0.462 e. The number of unbranched alkanes of at least 4 members (excludes halogenated alkanes) is 36. The average molecular weight is 915 g/mol. The summed E-state index contributed by atoms with van der Waals surface area (Å²) in [4.78, 5) is 26.2. The molecule has 0 bridgehead atoms. The van der Waals surface area contributed by atoms with Gasteiger partial charge in [0.05, 0.1) is 25.2 Å². The van der Waals surface area contributed by atoms with Crippen LogP contribution in [0.4, 0.5) is 0 Å². The molecule has 0 aliphatic carbocycles. The highest BCUT2D eigenvalue weighted by atomic mass is 16.5. The molecule has 0 aromatic carbocycles. The standard InChI is InChI=1S/C59H111NO5/c1-4-7-10-13-16-19-22-25-27-29-31-34-36-39-42-45-48-51-57(62)56(54-61)60-58(63)53-55(50-47-44-41-38-35-33-30-28-26-23-20-17-14-11-8-5-2)65-59(64)52-49-46-43-40-37-32-24-21-18-15-12-9-6-3/h9,12,15,18,21,24,55-57,61-62H,4-8,10-11,13-14,16-17,19-20,22-23,25-54H2,1-3H3,(H,60,63)/b12-9+,18-15+,24-21-. The van der Waals surface area contributed by atoms with Crippen LogP contribution in [0.25, 0.3) is 0 Å². The third-order valence-electron chi connectivity index (χ3n) is 13.3. The first-order valence-electron chi connectivity index (χ1n) is 28.7. The van der Waals surface area contributed by atoms with Crippen LogP contribution in [0.5, 0.6) is 0 Å². The second kappa shape index (κ2) is 53.0. The Morgan fingerprint density at radius 3 is 1.25 bits per heavy atom. The Balaban J connectivity index is 4.51. The van der Waals surface area contributed by atoms with Gasteiger partial charge in [-0.15, -0.1) is 0 Å². The fourth-order valence-electron chi connectivity index (χ4n) is 8.96. The second-order valence-electron chi connectivity index (χ2n) is 19.7. The zero-order valence-electron chi connectivity index (χ0n) is 43.6. The molecular formula is C59H111NO5. The first-order chi connectivity index (χ1) is 32.0. The van der Waals surface area contributed by atoms with Gasteiger partial charge in [0.15, 0.2) is 0 Å². The van der Waals surface area contributed by atoms with Crippen LogP contribution in [0.2, 0.25) is 0 Å². The number of allylic oxidation sites excluding steroid dienone is 6. The molecule has 0 saturated carbocycles. The first-order valence-corrected chi connectivity index (χ1v) is 28.7. The molecule has 0 rings (SSSR count). The normalized spacial score (nSPS) is 13.4. The van der Waals surface area contributed by atoms with Gasteiger partial charge in [0, 0.05) is 6.42 Å². The molecule has 0 fully saturated rings. The van der Waals surface area contributed by atoms with Crippen LogP contribution in [0, 0.1) is 0 Å². The molecule has 3 atom stereocenters. The van der Waals surface area contributed by atoms with Crippen molar-refractivity contribution in [2.75, 3.05) is 6.61 Å². The van der Waals surface area contributed by atoms with Gasteiger partial charge >= 0.3 is 5.97 Å². The Bertz CT molecular complexity index is 1070. The Hall–Kier alpha value is -1.92. The molecule has 0 radical (unpaired) electrons. The molecule has 0 aliphatic rings. The number of nitrogens with one attached hydrogen (secondary N) is 1.